The second-order valence-corrected chi connectivity index (χ2v) is 21.8. The second kappa shape index (κ2) is 25.3. The zero-order chi connectivity index (χ0) is 64.4. The first-order valence-corrected chi connectivity index (χ1v) is 24.9. The number of hydrogen-bond donors (Lipinski definition) is 3. The molecule has 0 aliphatic heterocycles. The summed E-state index contributed by atoms with van der Waals surface area (Å²) in [5.74, 6) is -44.4. The normalized spacial score (nSPS) is 31.6. The third-order valence-corrected chi connectivity index (χ3v) is 15.1. The van der Waals surface area contributed by atoms with Crippen molar-refractivity contribution in [2.75, 3.05) is 19.8 Å². The van der Waals surface area contributed by atoms with E-state index in [1.54, 1.807) is 0 Å². The quantitative estimate of drug-likeness (QED) is 0.0499. The van der Waals surface area contributed by atoms with Crippen LogP contribution in [0.3, 0.4) is 0 Å². The van der Waals surface area contributed by atoms with E-state index in [0.717, 1.165) is 0 Å². The molecule has 3 N–H and O–H groups in total. The fourth-order valence-corrected chi connectivity index (χ4v) is 9.38. The molecule has 0 saturated heterocycles. The van der Waals surface area contributed by atoms with Crippen LogP contribution in [0.15, 0.2) is 0 Å². The molecule has 33 heteroatoms. The smallest absolute Gasteiger partial charge is 0.416 e. The lowest BCUT2D eigenvalue weighted by Gasteiger charge is -2.48. The van der Waals surface area contributed by atoms with Crippen molar-refractivity contribution in [1.29, 1.82) is 0 Å². The number of carbonyl (C=O) groups excluding carboxylic acids is 3. The Labute approximate surface area is 449 Å². The summed E-state index contributed by atoms with van der Waals surface area (Å²) in [6.45, 7) is 2.94. The molecule has 0 radical (unpaired) electrons. The molecule has 3 fully saturated rings. The maximum atomic E-state index is 14.7. The lowest BCUT2D eigenvalue weighted by molar-refractivity contribution is -0.305. The summed E-state index contributed by atoms with van der Waals surface area (Å²) in [6, 6.07) is 0. The number of ether oxygens (including phenoxy) is 3. The van der Waals surface area contributed by atoms with E-state index >= 15 is 0 Å². The molecule has 12 atom stereocenters. The number of alkyl halides is 24. The van der Waals surface area contributed by atoms with Gasteiger partial charge in [0.1, 0.15) is 17.8 Å². The molecule has 0 spiro atoms. The zero-order valence-electron chi connectivity index (χ0n) is 44.9. The Kier molecular flexibility index (Phi) is 23.6. The van der Waals surface area contributed by atoms with Gasteiger partial charge < -0.3 is 29.5 Å². The van der Waals surface area contributed by atoms with E-state index in [-0.39, 0.29) is 33.6 Å². The van der Waals surface area contributed by atoms with Gasteiger partial charge in [-0.15, -0.1) is 0 Å². The van der Waals surface area contributed by atoms with Crippen molar-refractivity contribution in [3.8, 4) is 0 Å². The average molecular weight is 1240 g/mol. The number of rotatable bonds is 19. The minimum Gasteiger partial charge on any atom is -0.465 e. The summed E-state index contributed by atoms with van der Waals surface area (Å²) in [6.07, 6.45) is -23.4. The van der Waals surface area contributed by atoms with Crippen LogP contribution in [0.2, 0.25) is 0 Å². The predicted molar refractivity (Wildman–Crippen MR) is 235 cm³/mol. The first-order valence-electron chi connectivity index (χ1n) is 24.9. The van der Waals surface area contributed by atoms with Crippen LogP contribution < -0.4 is 0 Å². The van der Waals surface area contributed by atoms with Crippen LogP contribution in [0.4, 0.5) is 105 Å². The molecule has 0 heterocycles. The van der Waals surface area contributed by atoms with E-state index < -0.39 is 225 Å². The van der Waals surface area contributed by atoms with Gasteiger partial charge in [0.25, 0.3) is 23.7 Å². The SMILES string of the molecule is CC1CC(C(=O)OCCCC(C)(O)C(F)(F)F)C(F)(F)C(F)(C(C)(F)F)C1.CCC1CC(C(=O)OCCCC(C)(O)C(F)(F)F)C(F)(F)C(C)(F)C1(F)F.CCC1CC(C(=O)OCCCC(C)(O)C(F)(F)F)C(F)(F)C1(F)C(C)(F)F. The molecule has 480 valence electrons. The average Bonchev–Trinajstić information content (AvgIpc) is 3.49. The third kappa shape index (κ3) is 15.7. The van der Waals surface area contributed by atoms with Gasteiger partial charge in [0.2, 0.25) is 17.0 Å². The fraction of sp³-hybridized carbons (Fsp3) is 0.938. The molecular formula is C48H66F24O9. The molecule has 0 aromatic carbocycles. The van der Waals surface area contributed by atoms with Gasteiger partial charge >= 0.3 is 48.3 Å². The maximum Gasteiger partial charge on any atom is 0.416 e. The largest absolute Gasteiger partial charge is 0.465 e. The van der Waals surface area contributed by atoms with Crippen molar-refractivity contribution >= 4 is 17.9 Å². The lowest BCUT2D eigenvalue weighted by Crippen LogP contribution is -2.66. The van der Waals surface area contributed by atoms with Gasteiger partial charge in [0.15, 0.2) is 16.8 Å². The molecule has 3 aliphatic carbocycles. The van der Waals surface area contributed by atoms with Crippen LogP contribution in [-0.2, 0) is 28.6 Å². The molecular weight excluding hydrogens is 1180 g/mol. The highest BCUT2D eigenvalue weighted by atomic mass is 19.4. The number of carbonyl (C=O) groups is 3. The van der Waals surface area contributed by atoms with Crippen molar-refractivity contribution in [2.24, 2.45) is 35.5 Å². The number of halogens is 24. The van der Waals surface area contributed by atoms with Gasteiger partial charge in [-0.3, -0.25) is 14.4 Å². The molecule has 0 aromatic rings. The van der Waals surface area contributed by atoms with Crippen molar-refractivity contribution in [3.05, 3.63) is 0 Å². The van der Waals surface area contributed by atoms with Gasteiger partial charge in [-0.1, -0.05) is 20.8 Å². The fourth-order valence-electron chi connectivity index (χ4n) is 9.38. The Bertz CT molecular complexity index is 2030. The molecule has 0 bridgehead atoms. The summed E-state index contributed by atoms with van der Waals surface area (Å²) >= 11 is 0. The van der Waals surface area contributed by atoms with Crippen LogP contribution >= 0.6 is 0 Å². The minimum atomic E-state index is -4.94. The Morgan fingerprint density at radius 1 is 0.457 bits per heavy atom. The molecule has 0 aromatic heterocycles. The molecule has 81 heavy (non-hydrogen) atoms. The highest BCUT2D eigenvalue weighted by molar-refractivity contribution is 5.75. The van der Waals surface area contributed by atoms with E-state index in [1.807, 2.05) is 0 Å². The number of esters is 3. The first kappa shape index (κ1) is 75.6. The van der Waals surface area contributed by atoms with Crippen molar-refractivity contribution < 1.29 is 149 Å². The number of hydrogen-bond acceptors (Lipinski definition) is 9. The monoisotopic (exact) mass is 1240 g/mol. The van der Waals surface area contributed by atoms with E-state index in [1.165, 1.54) is 20.8 Å². The highest BCUT2D eigenvalue weighted by Crippen LogP contribution is 2.62. The number of aliphatic hydroxyl groups is 3. The van der Waals surface area contributed by atoms with Crippen molar-refractivity contribution in [2.45, 2.75) is 227 Å². The Morgan fingerprint density at radius 2 is 0.753 bits per heavy atom. The van der Waals surface area contributed by atoms with Crippen molar-refractivity contribution in [3.63, 3.8) is 0 Å². The molecule has 0 amide bonds. The summed E-state index contributed by atoms with van der Waals surface area (Å²) in [7, 11) is 0. The van der Waals surface area contributed by atoms with E-state index in [0.29, 0.717) is 20.8 Å². The predicted octanol–water partition coefficient (Wildman–Crippen LogP) is 14.0. The van der Waals surface area contributed by atoms with Crippen LogP contribution in [-0.4, -0.2) is 141 Å². The molecule has 9 nitrogen and oxygen atoms in total. The lowest BCUT2D eigenvalue weighted by atomic mass is 9.67. The molecule has 3 saturated carbocycles. The topological polar surface area (TPSA) is 140 Å². The molecule has 12 unspecified atom stereocenters. The summed E-state index contributed by atoms with van der Waals surface area (Å²) in [5.41, 5.74) is -22.0. The summed E-state index contributed by atoms with van der Waals surface area (Å²) < 4.78 is 337. The van der Waals surface area contributed by atoms with Crippen LogP contribution in [0.25, 0.3) is 0 Å². The summed E-state index contributed by atoms with van der Waals surface area (Å²) in [5, 5.41) is 27.7. The standard InChI is InChI=1S/3C16H22F8O3/c1-9-7-10(15(20,21)14(19,8-9)13(3,17)18)11(25)27-6-4-5-12(2,26)16(22,23)24;1-4-9-8-10(15(20,21)14(9,19)13(3,17)18)11(25)27-7-5-6-12(2,26)16(22,23)24;1-4-9-8-10(15(20,21)13(3,17)14(9,18)19)11(25)27-7-5-6-12(2,26)16(22,23)24/h3*9-10,26H,4-8H2,1-3H3. The Hall–Kier alpha value is -3.39. The zero-order valence-corrected chi connectivity index (χ0v) is 44.9. The van der Waals surface area contributed by atoms with Crippen LogP contribution in [0, 0.1) is 35.5 Å². The van der Waals surface area contributed by atoms with Gasteiger partial charge in [0.05, 0.1) is 19.8 Å². The Balaban J connectivity index is 0.000000607. The minimum absolute atomic E-state index is 0.000559. The summed E-state index contributed by atoms with van der Waals surface area (Å²) in [4.78, 5) is 35.7. The van der Waals surface area contributed by atoms with Gasteiger partial charge in [-0.2, -0.15) is 39.5 Å². The third-order valence-electron chi connectivity index (χ3n) is 15.1. The van der Waals surface area contributed by atoms with E-state index in [2.05, 4.69) is 14.2 Å². The van der Waals surface area contributed by atoms with Gasteiger partial charge in [0, 0.05) is 25.7 Å². The van der Waals surface area contributed by atoms with E-state index in [9.17, 15) is 135 Å². The van der Waals surface area contributed by atoms with Crippen molar-refractivity contribution in [1.82, 2.24) is 0 Å². The maximum absolute atomic E-state index is 14.7. The van der Waals surface area contributed by atoms with E-state index in [4.69, 9.17) is 0 Å². The van der Waals surface area contributed by atoms with Gasteiger partial charge in [-0.25, -0.2) is 65.9 Å². The van der Waals surface area contributed by atoms with Crippen LogP contribution in [0.1, 0.15) is 139 Å². The molecule has 3 rings (SSSR count). The van der Waals surface area contributed by atoms with Gasteiger partial charge in [-0.05, 0) is 111 Å². The van der Waals surface area contributed by atoms with Crippen LogP contribution in [0.5, 0.6) is 0 Å². The highest BCUT2D eigenvalue weighted by Gasteiger charge is 2.80. The molecule has 3 aliphatic rings. The first-order chi connectivity index (χ1) is 35.7. The second-order valence-electron chi connectivity index (χ2n) is 21.8. The Morgan fingerprint density at radius 3 is 1.02 bits per heavy atom.